The molecule has 0 aliphatic heterocycles. The highest BCUT2D eigenvalue weighted by Crippen LogP contribution is 2.22. The number of aliphatic hydroxyl groups is 2. The molecule has 0 saturated carbocycles. The predicted molar refractivity (Wildman–Crippen MR) is 61.0 cm³/mol. The highest BCUT2D eigenvalue weighted by Gasteiger charge is 2.24. The second kappa shape index (κ2) is 5.58. The van der Waals surface area contributed by atoms with Crippen LogP contribution in [0.4, 0.5) is 0 Å². The van der Waals surface area contributed by atoms with Crippen molar-refractivity contribution in [1.82, 2.24) is 4.98 Å². The maximum absolute atomic E-state index is 10.9. The summed E-state index contributed by atoms with van der Waals surface area (Å²) in [5.74, 6) is -1.31. The van der Waals surface area contributed by atoms with E-state index in [-0.39, 0.29) is 21.7 Å². The summed E-state index contributed by atoms with van der Waals surface area (Å²) < 4.78 is 0. The van der Waals surface area contributed by atoms with Gasteiger partial charge in [-0.25, -0.2) is 9.78 Å². The Balaban J connectivity index is 3.17. The Labute approximate surface area is 105 Å². The lowest BCUT2D eigenvalue weighted by molar-refractivity contribution is 0.0324. The van der Waals surface area contributed by atoms with Crippen LogP contribution in [0.25, 0.3) is 0 Å². The van der Waals surface area contributed by atoms with Crippen LogP contribution < -0.4 is 0 Å². The van der Waals surface area contributed by atoms with Crippen molar-refractivity contribution in [2.24, 2.45) is 0 Å². The van der Waals surface area contributed by atoms with Gasteiger partial charge < -0.3 is 15.3 Å². The average Bonchev–Trinajstić information content (AvgIpc) is 2.26. The number of carboxylic acid groups (broad SMARTS) is 1. The highest BCUT2D eigenvalue weighted by molar-refractivity contribution is 9.09. The summed E-state index contributed by atoms with van der Waals surface area (Å²) in [6.07, 6.45) is -2.43. The first-order chi connectivity index (χ1) is 7.47. The third-order valence-electron chi connectivity index (χ3n) is 1.94. The molecule has 5 nitrogen and oxygen atoms in total. The van der Waals surface area contributed by atoms with Gasteiger partial charge in [0.1, 0.15) is 11.3 Å². The molecule has 0 bridgehead atoms. The molecule has 2 atom stereocenters. The van der Waals surface area contributed by atoms with Gasteiger partial charge in [0.25, 0.3) is 0 Å². The maximum Gasteiger partial charge on any atom is 0.354 e. The lowest BCUT2D eigenvalue weighted by Crippen LogP contribution is -2.22. The number of aromatic carboxylic acids is 1. The van der Waals surface area contributed by atoms with Crippen LogP contribution in [0.5, 0.6) is 0 Å². The van der Waals surface area contributed by atoms with Gasteiger partial charge >= 0.3 is 5.97 Å². The molecule has 16 heavy (non-hydrogen) atoms. The molecule has 1 heterocycles. The number of hydrogen-bond acceptors (Lipinski definition) is 4. The van der Waals surface area contributed by atoms with Gasteiger partial charge in [-0.1, -0.05) is 33.6 Å². The number of pyridine rings is 1. The molecule has 0 fully saturated rings. The number of aromatic nitrogens is 1. The molecular formula is C9H9BrClNO4. The first-order valence-corrected chi connectivity index (χ1v) is 5.79. The zero-order valence-electron chi connectivity index (χ0n) is 7.97. The Kier molecular flexibility index (Phi) is 4.67. The molecule has 2 unspecified atom stereocenters. The van der Waals surface area contributed by atoms with Gasteiger partial charge in [0.05, 0.1) is 6.10 Å². The third kappa shape index (κ3) is 2.91. The average molecular weight is 311 g/mol. The van der Waals surface area contributed by atoms with E-state index in [1.807, 2.05) is 0 Å². The number of carboxylic acids is 1. The summed E-state index contributed by atoms with van der Waals surface area (Å²) in [7, 11) is 0. The molecule has 1 aromatic heterocycles. The molecular weight excluding hydrogens is 301 g/mol. The topological polar surface area (TPSA) is 90.7 Å². The van der Waals surface area contributed by atoms with E-state index in [2.05, 4.69) is 20.9 Å². The SMILES string of the molecule is O=C(O)c1nc(Cl)ccc1C(O)C(O)CBr. The summed E-state index contributed by atoms with van der Waals surface area (Å²) in [6.45, 7) is 0. The first-order valence-electron chi connectivity index (χ1n) is 4.29. The van der Waals surface area contributed by atoms with E-state index in [0.717, 1.165) is 0 Å². The fourth-order valence-corrected chi connectivity index (χ4v) is 1.65. The molecule has 1 rings (SSSR count). The summed E-state index contributed by atoms with van der Waals surface area (Å²) in [5, 5.41) is 28.1. The van der Waals surface area contributed by atoms with Crippen molar-refractivity contribution in [2.75, 3.05) is 5.33 Å². The van der Waals surface area contributed by atoms with E-state index >= 15 is 0 Å². The standard InChI is InChI=1S/C9H9BrClNO4/c10-3-5(13)8(14)4-1-2-6(11)12-7(4)9(15)16/h1-2,5,8,13-14H,3H2,(H,15,16). The largest absolute Gasteiger partial charge is 0.476 e. The lowest BCUT2D eigenvalue weighted by atomic mass is 10.0. The molecule has 0 aromatic carbocycles. The van der Waals surface area contributed by atoms with Crippen LogP contribution >= 0.6 is 27.5 Å². The molecule has 88 valence electrons. The van der Waals surface area contributed by atoms with Crippen LogP contribution in [0.15, 0.2) is 12.1 Å². The first kappa shape index (κ1) is 13.4. The molecule has 0 amide bonds. The van der Waals surface area contributed by atoms with Crippen LogP contribution in [-0.4, -0.2) is 37.7 Å². The number of alkyl halides is 1. The van der Waals surface area contributed by atoms with E-state index in [9.17, 15) is 15.0 Å². The second-order valence-electron chi connectivity index (χ2n) is 3.04. The molecule has 0 spiro atoms. The third-order valence-corrected chi connectivity index (χ3v) is 2.81. The normalized spacial score (nSPS) is 14.5. The van der Waals surface area contributed by atoms with E-state index in [0.29, 0.717) is 0 Å². The number of hydrogen-bond donors (Lipinski definition) is 3. The van der Waals surface area contributed by atoms with E-state index in [1.54, 1.807) is 0 Å². The van der Waals surface area contributed by atoms with Gasteiger partial charge in [-0.15, -0.1) is 0 Å². The Morgan fingerprint density at radius 2 is 2.12 bits per heavy atom. The van der Waals surface area contributed by atoms with Crippen molar-refractivity contribution in [3.05, 3.63) is 28.5 Å². The van der Waals surface area contributed by atoms with Crippen molar-refractivity contribution >= 4 is 33.5 Å². The summed E-state index contributed by atoms with van der Waals surface area (Å²) in [5.41, 5.74) is -0.330. The fraction of sp³-hybridized carbons (Fsp3) is 0.333. The van der Waals surface area contributed by atoms with Gasteiger partial charge in [-0.3, -0.25) is 0 Å². The molecule has 0 aliphatic carbocycles. The molecule has 7 heteroatoms. The minimum Gasteiger partial charge on any atom is -0.476 e. The van der Waals surface area contributed by atoms with Crippen molar-refractivity contribution < 1.29 is 20.1 Å². The van der Waals surface area contributed by atoms with Crippen LogP contribution in [0.2, 0.25) is 5.15 Å². The lowest BCUT2D eigenvalue weighted by Gasteiger charge is -2.17. The van der Waals surface area contributed by atoms with Crippen LogP contribution in [0.3, 0.4) is 0 Å². The Bertz CT molecular complexity index is 401. The fourth-order valence-electron chi connectivity index (χ4n) is 1.15. The van der Waals surface area contributed by atoms with Gasteiger partial charge in [-0.05, 0) is 6.07 Å². The van der Waals surface area contributed by atoms with Gasteiger partial charge in [0.2, 0.25) is 0 Å². The monoisotopic (exact) mass is 309 g/mol. The van der Waals surface area contributed by atoms with Crippen LogP contribution in [0, 0.1) is 0 Å². The zero-order valence-corrected chi connectivity index (χ0v) is 10.3. The maximum atomic E-state index is 10.9. The van der Waals surface area contributed by atoms with Crippen molar-refractivity contribution in [1.29, 1.82) is 0 Å². The van der Waals surface area contributed by atoms with Gasteiger partial charge in [0.15, 0.2) is 5.69 Å². The quantitative estimate of drug-likeness (QED) is 0.574. The summed E-state index contributed by atoms with van der Waals surface area (Å²) in [4.78, 5) is 14.5. The van der Waals surface area contributed by atoms with Gasteiger partial charge in [0, 0.05) is 10.9 Å². The highest BCUT2D eigenvalue weighted by atomic mass is 79.9. The van der Waals surface area contributed by atoms with Crippen molar-refractivity contribution in [3.8, 4) is 0 Å². The smallest absolute Gasteiger partial charge is 0.354 e. The summed E-state index contributed by atoms with van der Waals surface area (Å²) in [6, 6.07) is 2.68. The van der Waals surface area contributed by atoms with E-state index < -0.39 is 18.2 Å². The van der Waals surface area contributed by atoms with Crippen molar-refractivity contribution in [3.63, 3.8) is 0 Å². The predicted octanol–water partition coefficient (Wildman–Crippen LogP) is 1.22. The Morgan fingerprint density at radius 3 is 2.62 bits per heavy atom. The number of carbonyl (C=O) groups is 1. The molecule has 1 aromatic rings. The zero-order chi connectivity index (χ0) is 12.3. The number of aliphatic hydroxyl groups excluding tert-OH is 2. The summed E-state index contributed by atoms with van der Waals surface area (Å²) >= 11 is 8.54. The van der Waals surface area contributed by atoms with Gasteiger partial charge in [-0.2, -0.15) is 0 Å². The Morgan fingerprint density at radius 1 is 1.50 bits per heavy atom. The molecule has 0 aliphatic rings. The number of halogens is 2. The molecule has 3 N–H and O–H groups in total. The van der Waals surface area contributed by atoms with Crippen LogP contribution in [-0.2, 0) is 0 Å². The molecule has 0 radical (unpaired) electrons. The Hall–Kier alpha value is -0.690. The van der Waals surface area contributed by atoms with E-state index in [1.165, 1.54) is 12.1 Å². The van der Waals surface area contributed by atoms with Crippen molar-refractivity contribution in [2.45, 2.75) is 12.2 Å². The molecule has 0 saturated heterocycles. The number of nitrogens with zero attached hydrogens (tertiary/aromatic N) is 1. The van der Waals surface area contributed by atoms with E-state index in [4.69, 9.17) is 16.7 Å². The van der Waals surface area contributed by atoms with Crippen LogP contribution in [0.1, 0.15) is 22.2 Å². The minimum atomic E-state index is -1.32. The minimum absolute atomic E-state index is 0.0154. The number of rotatable bonds is 4. The second-order valence-corrected chi connectivity index (χ2v) is 4.08.